The first-order chi connectivity index (χ1) is 7.09. The fourth-order valence-corrected chi connectivity index (χ4v) is 4.10. The van der Waals surface area contributed by atoms with Gasteiger partial charge in [0.25, 0.3) is 0 Å². The third-order valence-electron chi connectivity index (χ3n) is 1.94. The van der Waals surface area contributed by atoms with E-state index in [0.29, 0.717) is 0 Å². The summed E-state index contributed by atoms with van der Waals surface area (Å²) in [4.78, 5) is 13.7. The summed E-state index contributed by atoms with van der Waals surface area (Å²) in [7, 11) is 0. The molecular formula is C10H6Br2OS2. The predicted molar refractivity (Wildman–Crippen MR) is 72.2 cm³/mol. The standard InChI is InChI=1S/C10H6Br2OS2/c1-5-2-3-14-9(5)8(13)7-4-6(11)10(12)15-7/h2-4H,1H3. The van der Waals surface area contributed by atoms with Crippen LogP contribution in [0.15, 0.2) is 25.8 Å². The van der Waals surface area contributed by atoms with Gasteiger partial charge in [-0.25, -0.2) is 0 Å². The summed E-state index contributed by atoms with van der Waals surface area (Å²) in [5, 5.41) is 1.94. The summed E-state index contributed by atoms with van der Waals surface area (Å²) >= 11 is 9.72. The van der Waals surface area contributed by atoms with Crippen molar-refractivity contribution in [2.75, 3.05) is 0 Å². The maximum absolute atomic E-state index is 12.1. The zero-order valence-electron chi connectivity index (χ0n) is 7.71. The van der Waals surface area contributed by atoms with Crippen LogP contribution < -0.4 is 0 Å². The van der Waals surface area contributed by atoms with Gasteiger partial charge in [0.05, 0.1) is 13.5 Å². The minimum absolute atomic E-state index is 0.110. The van der Waals surface area contributed by atoms with Crippen LogP contribution in [0.1, 0.15) is 20.1 Å². The van der Waals surface area contributed by atoms with E-state index < -0.39 is 0 Å². The maximum atomic E-state index is 12.1. The Hall–Kier alpha value is 0.0300. The quantitative estimate of drug-likeness (QED) is 0.693. The van der Waals surface area contributed by atoms with Crippen molar-refractivity contribution in [3.63, 3.8) is 0 Å². The molecule has 1 nitrogen and oxygen atoms in total. The van der Waals surface area contributed by atoms with Crippen molar-refractivity contribution in [2.24, 2.45) is 0 Å². The molecular weight excluding hydrogens is 360 g/mol. The van der Waals surface area contributed by atoms with Gasteiger partial charge in [0.15, 0.2) is 0 Å². The smallest absolute Gasteiger partial charge is 0.213 e. The minimum Gasteiger partial charge on any atom is -0.287 e. The second-order valence-electron chi connectivity index (χ2n) is 2.99. The lowest BCUT2D eigenvalue weighted by atomic mass is 10.2. The van der Waals surface area contributed by atoms with Crippen molar-refractivity contribution in [2.45, 2.75) is 6.92 Å². The highest BCUT2D eigenvalue weighted by Gasteiger charge is 2.16. The van der Waals surface area contributed by atoms with E-state index >= 15 is 0 Å². The summed E-state index contributed by atoms with van der Waals surface area (Å²) in [6.07, 6.45) is 0. The van der Waals surface area contributed by atoms with Crippen molar-refractivity contribution < 1.29 is 4.79 Å². The molecule has 0 saturated heterocycles. The predicted octanol–water partition coefficient (Wildman–Crippen LogP) is 4.87. The first-order valence-corrected chi connectivity index (χ1v) is 7.41. The lowest BCUT2D eigenvalue weighted by molar-refractivity contribution is 0.104. The number of thiophene rings is 2. The van der Waals surface area contributed by atoms with Crippen LogP contribution in [0, 0.1) is 6.92 Å². The summed E-state index contributed by atoms with van der Waals surface area (Å²) < 4.78 is 1.89. The van der Waals surface area contributed by atoms with Gasteiger partial charge in [-0.2, -0.15) is 0 Å². The Morgan fingerprint density at radius 2 is 2.13 bits per heavy atom. The van der Waals surface area contributed by atoms with Gasteiger partial charge in [-0.05, 0) is 61.9 Å². The van der Waals surface area contributed by atoms with Crippen molar-refractivity contribution in [3.05, 3.63) is 41.1 Å². The average molecular weight is 366 g/mol. The van der Waals surface area contributed by atoms with E-state index in [-0.39, 0.29) is 5.78 Å². The summed E-state index contributed by atoms with van der Waals surface area (Å²) in [6, 6.07) is 3.83. The molecule has 0 amide bonds. The maximum Gasteiger partial charge on any atom is 0.213 e. The van der Waals surface area contributed by atoms with Crippen LogP contribution in [0.2, 0.25) is 0 Å². The summed E-state index contributed by atoms with van der Waals surface area (Å²) in [5.74, 6) is 0.110. The van der Waals surface area contributed by atoms with E-state index in [1.807, 2.05) is 24.4 Å². The number of rotatable bonds is 2. The Labute approximate surface area is 112 Å². The Bertz CT molecular complexity index is 494. The van der Waals surface area contributed by atoms with Crippen LogP contribution in [0.4, 0.5) is 0 Å². The van der Waals surface area contributed by atoms with Gasteiger partial charge >= 0.3 is 0 Å². The van der Waals surface area contributed by atoms with Crippen LogP contribution in [0.5, 0.6) is 0 Å². The molecule has 0 aliphatic rings. The van der Waals surface area contributed by atoms with Crippen LogP contribution >= 0.6 is 54.5 Å². The summed E-state index contributed by atoms with van der Waals surface area (Å²) in [6.45, 7) is 1.96. The van der Waals surface area contributed by atoms with Gasteiger partial charge in [-0.3, -0.25) is 4.79 Å². The molecule has 0 saturated carbocycles. The number of aryl methyl sites for hydroxylation is 1. The molecule has 0 aromatic carbocycles. The zero-order valence-corrected chi connectivity index (χ0v) is 12.5. The van der Waals surface area contributed by atoms with E-state index in [9.17, 15) is 4.79 Å². The monoisotopic (exact) mass is 364 g/mol. The normalized spacial score (nSPS) is 10.6. The Morgan fingerprint density at radius 1 is 1.40 bits per heavy atom. The number of hydrogen-bond donors (Lipinski definition) is 0. The average Bonchev–Trinajstić information content (AvgIpc) is 2.74. The molecule has 0 unspecified atom stereocenters. The third-order valence-corrected chi connectivity index (χ3v) is 6.21. The second-order valence-corrected chi connectivity index (χ2v) is 7.13. The molecule has 5 heteroatoms. The molecule has 2 aromatic heterocycles. The molecule has 78 valence electrons. The van der Waals surface area contributed by atoms with Gasteiger partial charge < -0.3 is 0 Å². The molecule has 0 radical (unpaired) electrons. The molecule has 0 bridgehead atoms. The Balaban J connectivity index is 2.41. The van der Waals surface area contributed by atoms with E-state index in [0.717, 1.165) is 23.6 Å². The largest absolute Gasteiger partial charge is 0.287 e. The number of hydrogen-bond acceptors (Lipinski definition) is 3. The third kappa shape index (κ3) is 2.25. The first kappa shape index (κ1) is 11.5. The first-order valence-electron chi connectivity index (χ1n) is 4.13. The summed E-state index contributed by atoms with van der Waals surface area (Å²) in [5.41, 5.74) is 1.05. The molecule has 2 rings (SSSR count). The SMILES string of the molecule is Cc1ccsc1C(=O)c1cc(Br)c(Br)s1. The second kappa shape index (κ2) is 4.49. The topological polar surface area (TPSA) is 17.1 Å². The molecule has 2 aromatic rings. The van der Waals surface area contributed by atoms with Crippen molar-refractivity contribution in [1.29, 1.82) is 0 Å². The van der Waals surface area contributed by atoms with Crippen LogP contribution in [0.25, 0.3) is 0 Å². The number of carbonyl (C=O) groups excluding carboxylic acids is 1. The molecule has 0 fully saturated rings. The van der Waals surface area contributed by atoms with E-state index in [1.165, 1.54) is 22.7 Å². The van der Waals surface area contributed by atoms with Gasteiger partial charge in [0.1, 0.15) is 0 Å². The van der Waals surface area contributed by atoms with Crippen molar-refractivity contribution >= 4 is 60.3 Å². The molecule has 0 spiro atoms. The van der Waals surface area contributed by atoms with Crippen LogP contribution in [-0.4, -0.2) is 5.78 Å². The molecule has 0 N–H and O–H groups in total. The molecule has 0 aliphatic heterocycles. The van der Waals surface area contributed by atoms with E-state index in [4.69, 9.17) is 0 Å². The molecule has 15 heavy (non-hydrogen) atoms. The molecule has 0 atom stereocenters. The Morgan fingerprint density at radius 3 is 2.60 bits per heavy atom. The number of ketones is 1. The van der Waals surface area contributed by atoms with Gasteiger partial charge in [0, 0.05) is 4.47 Å². The molecule has 2 heterocycles. The van der Waals surface area contributed by atoms with Gasteiger partial charge in [-0.15, -0.1) is 22.7 Å². The lowest BCUT2D eigenvalue weighted by Gasteiger charge is -1.94. The number of halogens is 2. The van der Waals surface area contributed by atoms with E-state index in [1.54, 1.807) is 0 Å². The minimum atomic E-state index is 0.110. The van der Waals surface area contributed by atoms with E-state index in [2.05, 4.69) is 31.9 Å². The van der Waals surface area contributed by atoms with Crippen LogP contribution in [-0.2, 0) is 0 Å². The fourth-order valence-electron chi connectivity index (χ4n) is 1.18. The highest BCUT2D eigenvalue weighted by molar-refractivity contribution is 9.13. The van der Waals surface area contributed by atoms with Crippen molar-refractivity contribution in [3.8, 4) is 0 Å². The van der Waals surface area contributed by atoms with Gasteiger partial charge in [-0.1, -0.05) is 0 Å². The van der Waals surface area contributed by atoms with Crippen LogP contribution in [0.3, 0.4) is 0 Å². The Kier molecular flexibility index (Phi) is 3.45. The highest BCUT2D eigenvalue weighted by Crippen LogP contribution is 2.34. The molecule has 0 aliphatic carbocycles. The van der Waals surface area contributed by atoms with Gasteiger partial charge in [0.2, 0.25) is 5.78 Å². The fraction of sp³-hybridized carbons (Fsp3) is 0.100. The van der Waals surface area contributed by atoms with Crippen molar-refractivity contribution in [1.82, 2.24) is 0 Å². The highest BCUT2D eigenvalue weighted by atomic mass is 79.9. The lowest BCUT2D eigenvalue weighted by Crippen LogP contribution is -1.96. The zero-order chi connectivity index (χ0) is 11.0. The number of carbonyl (C=O) groups is 1.